The van der Waals surface area contributed by atoms with E-state index in [9.17, 15) is 45.6 Å². The van der Waals surface area contributed by atoms with E-state index in [-0.39, 0.29) is 18.9 Å². The molecule has 0 aromatic carbocycles. The van der Waals surface area contributed by atoms with Gasteiger partial charge in [-0.15, -0.1) is 0 Å². The van der Waals surface area contributed by atoms with E-state index in [2.05, 4.69) is 73.8 Å². The summed E-state index contributed by atoms with van der Waals surface area (Å²) in [5.41, 5.74) is 0. The molecule has 464 valence electrons. The topological polar surface area (TPSA) is 228 Å². The molecule has 0 saturated carbocycles. The van der Waals surface area contributed by atoms with Crippen LogP contribution in [0.3, 0.4) is 0 Å². The van der Waals surface area contributed by atoms with Crippen LogP contribution in [0.5, 0.6) is 0 Å². The molecule has 1 amide bonds. The maximum absolute atomic E-state index is 13.2. The molecular weight excluding hydrogens is 1010 g/mol. The molecule has 2 heterocycles. The Morgan fingerprint density at radius 2 is 0.863 bits per heavy atom. The molecule has 0 aromatic rings. The summed E-state index contributed by atoms with van der Waals surface area (Å²) >= 11 is 0. The third-order valence-corrected chi connectivity index (χ3v) is 15.4. The van der Waals surface area contributed by atoms with Crippen LogP contribution in [-0.4, -0.2) is 140 Å². The minimum atomic E-state index is -1.80. The van der Waals surface area contributed by atoms with Crippen molar-refractivity contribution >= 4 is 5.91 Å². The molecule has 2 aliphatic heterocycles. The van der Waals surface area contributed by atoms with Crippen molar-refractivity contribution in [2.24, 2.45) is 0 Å². The first-order valence-corrected chi connectivity index (χ1v) is 32.2. The van der Waals surface area contributed by atoms with Crippen LogP contribution in [0.25, 0.3) is 0 Å². The molecule has 14 heteroatoms. The van der Waals surface area contributed by atoms with Crippen molar-refractivity contribution < 1.29 is 64.6 Å². The Balaban J connectivity index is 1.72. The Labute approximate surface area is 485 Å². The highest BCUT2D eigenvalue weighted by molar-refractivity contribution is 5.76. The van der Waals surface area contributed by atoms with Crippen molar-refractivity contribution in [3.8, 4) is 0 Å². The number of unbranched alkanes of at least 4 members (excludes halogenated alkanes) is 28. The van der Waals surface area contributed by atoms with Crippen molar-refractivity contribution in [3.05, 3.63) is 72.9 Å². The number of aliphatic hydroxyl groups is 8. The molecule has 2 rings (SSSR count). The largest absolute Gasteiger partial charge is 0.394 e. The van der Waals surface area contributed by atoms with E-state index in [1.54, 1.807) is 6.08 Å². The van der Waals surface area contributed by atoms with Gasteiger partial charge in [-0.3, -0.25) is 4.79 Å². The van der Waals surface area contributed by atoms with Crippen LogP contribution in [0.15, 0.2) is 72.9 Å². The second-order valence-corrected chi connectivity index (χ2v) is 22.5. The molecule has 14 nitrogen and oxygen atoms in total. The fourth-order valence-electron chi connectivity index (χ4n) is 10.3. The van der Waals surface area contributed by atoms with Gasteiger partial charge in [-0.2, -0.15) is 0 Å². The number of carbonyl (C=O) groups excluding carboxylic acids is 1. The zero-order valence-electron chi connectivity index (χ0n) is 50.1. The van der Waals surface area contributed by atoms with Gasteiger partial charge in [0, 0.05) is 6.42 Å². The van der Waals surface area contributed by atoms with Gasteiger partial charge in [-0.25, -0.2) is 0 Å². The summed E-state index contributed by atoms with van der Waals surface area (Å²) in [5.74, 6) is -0.296. The van der Waals surface area contributed by atoms with Gasteiger partial charge in [0.2, 0.25) is 5.91 Å². The number of nitrogens with one attached hydrogen (secondary N) is 1. The molecule has 0 bridgehead atoms. The molecule has 0 radical (unpaired) electrons. The number of amides is 1. The van der Waals surface area contributed by atoms with Crippen molar-refractivity contribution in [1.82, 2.24) is 5.32 Å². The summed E-state index contributed by atoms with van der Waals surface area (Å²) < 4.78 is 22.8. The lowest BCUT2D eigenvalue weighted by Gasteiger charge is -2.46. The summed E-state index contributed by atoms with van der Waals surface area (Å²) in [4.78, 5) is 13.2. The van der Waals surface area contributed by atoms with Crippen LogP contribution in [0.2, 0.25) is 0 Å². The molecule has 0 aliphatic carbocycles. The van der Waals surface area contributed by atoms with Crippen LogP contribution in [0.4, 0.5) is 0 Å². The fourth-order valence-corrected chi connectivity index (χ4v) is 10.3. The van der Waals surface area contributed by atoms with Crippen LogP contribution in [-0.2, 0) is 23.7 Å². The monoisotopic (exact) mass is 1130 g/mol. The van der Waals surface area contributed by atoms with Crippen LogP contribution in [0.1, 0.15) is 245 Å². The minimum Gasteiger partial charge on any atom is -0.394 e. The van der Waals surface area contributed by atoms with Gasteiger partial charge in [0.1, 0.15) is 48.8 Å². The van der Waals surface area contributed by atoms with E-state index in [1.165, 1.54) is 161 Å². The Hall–Kier alpha value is -2.57. The number of rotatable bonds is 51. The molecule has 9 N–H and O–H groups in total. The van der Waals surface area contributed by atoms with Crippen molar-refractivity contribution in [2.75, 3.05) is 19.8 Å². The zero-order chi connectivity index (χ0) is 58.1. The third-order valence-electron chi connectivity index (χ3n) is 15.4. The quantitative estimate of drug-likeness (QED) is 0.0204. The maximum Gasteiger partial charge on any atom is 0.220 e. The summed E-state index contributed by atoms with van der Waals surface area (Å²) in [7, 11) is 0. The smallest absolute Gasteiger partial charge is 0.220 e. The molecule has 2 saturated heterocycles. The van der Waals surface area contributed by atoms with Crippen molar-refractivity contribution in [2.45, 2.75) is 319 Å². The first-order chi connectivity index (χ1) is 39.1. The number of allylic oxidation sites excluding steroid dienone is 11. The number of ether oxygens (including phenoxy) is 4. The Morgan fingerprint density at radius 1 is 0.463 bits per heavy atom. The van der Waals surface area contributed by atoms with Crippen molar-refractivity contribution in [1.29, 1.82) is 0 Å². The van der Waals surface area contributed by atoms with E-state index in [4.69, 9.17) is 18.9 Å². The number of aliphatic hydroxyl groups excluding tert-OH is 8. The van der Waals surface area contributed by atoms with E-state index >= 15 is 0 Å². The standard InChI is InChI=1S/C66H117NO13/c1-3-5-7-9-11-13-15-17-19-21-22-23-24-25-26-27-28-29-30-31-32-34-35-37-39-41-43-45-47-49-55(70)54(67-58(71)50-48-46-44-42-40-38-36-33-20-18-16-14-12-10-8-6-4-2)53-77-65-63(76)61(74)64(57(52-69)79-65)80-66-62(75)60(73)59(72)56(51-68)78-66/h6,8,12,14,18,20,36,38,42,44,47,49,54-57,59-66,68-70,72-76H,3-5,7,9-11,13,15-17,19,21-35,37,39-41,43,45-46,48,50-53H2,1-2H3,(H,67,71)/b8-6-,14-12-,20-18-,38-36-,44-42-,49-47+. The first kappa shape index (κ1) is 73.5. The number of carbonyl (C=O) groups is 1. The lowest BCUT2D eigenvalue weighted by atomic mass is 9.97. The second-order valence-electron chi connectivity index (χ2n) is 22.5. The third kappa shape index (κ3) is 35.5. The minimum absolute atomic E-state index is 0.200. The summed E-state index contributed by atoms with van der Waals surface area (Å²) in [5, 5.41) is 87.2. The SMILES string of the molecule is CC/C=C\C/C=C\C/C=C\C/C=C\C/C=C\CCCC(=O)NC(COC1OC(CO)C(OC2OC(CO)C(O)C(O)C2O)C(O)C1O)C(O)/C=C/CCCCCCCCCCCCCCCCCCCCCCCCCCCCC. The average Bonchev–Trinajstić information content (AvgIpc) is 3.49. The highest BCUT2D eigenvalue weighted by atomic mass is 16.7. The second kappa shape index (κ2) is 50.9. The van der Waals surface area contributed by atoms with E-state index in [0.29, 0.717) is 12.8 Å². The van der Waals surface area contributed by atoms with E-state index < -0.39 is 86.8 Å². The van der Waals surface area contributed by atoms with Gasteiger partial charge in [-0.05, 0) is 57.8 Å². The molecular formula is C66H117NO13. The van der Waals surface area contributed by atoms with Crippen LogP contribution >= 0.6 is 0 Å². The highest BCUT2D eigenvalue weighted by Crippen LogP contribution is 2.30. The van der Waals surface area contributed by atoms with Gasteiger partial charge >= 0.3 is 0 Å². The van der Waals surface area contributed by atoms with Gasteiger partial charge < -0.3 is 65.1 Å². The van der Waals surface area contributed by atoms with Crippen molar-refractivity contribution in [3.63, 3.8) is 0 Å². The van der Waals surface area contributed by atoms with Gasteiger partial charge in [0.15, 0.2) is 12.6 Å². The number of hydrogen-bond acceptors (Lipinski definition) is 13. The van der Waals surface area contributed by atoms with Gasteiger partial charge in [-0.1, -0.05) is 254 Å². The molecule has 2 aliphatic rings. The van der Waals surface area contributed by atoms with E-state index in [1.807, 2.05) is 12.2 Å². The Bertz CT molecular complexity index is 1620. The van der Waals surface area contributed by atoms with E-state index in [0.717, 1.165) is 51.4 Å². The lowest BCUT2D eigenvalue weighted by molar-refractivity contribution is -0.359. The predicted molar refractivity (Wildman–Crippen MR) is 323 cm³/mol. The summed E-state index contributed by atoms with van der Waals surface area (Å²) in [6.45, 7) is 2.66. The van der Waals surface area contributed by atoms with Crippen LogP contribution in [0, 0.1) is 0 Å². The summed E-state index contributed by atoms with van der Waals surface area (Å²) in [6, 6.07) is -0.949. The molecule has 0 spiro atoms. The van der Waals surface area contributed by atoms with Gasteiger partial charge in [0.25, 0.3) is 0 Å². The lowest BCUT2D eigenvalue weighted by Crippen LogP contribution is -2.65. The highest BCUT2D eigenvalue weighted by Gasteiger charge is 2.51. The maximum atomic E-state index is 13.2. The molecule has 80 heavy (non-hydrogen) atoms. The summed E-state index contributed by atoms with van der Waals surface area (Å²) in [6.07, 6.45) is 51.1. The van der Waals surface area contributed by atoms with Crippen LogP contribution < -0.4 is 5.32 Å². The Morgan fingerprint density at radius 3 is 1.31 bits per heavy atom. The average molecular weight is 1130 g/mol. The molecule has 2 fully saturated rings. The zero-order valence-corrected chi connectivity index (χ0v) is 50.1. The number of hydrogen-bond donors (Lipinski definition) is 9. The molecule has 12 atom stereocenters. The predicted octanol–water partition coefficient (Wildman–Crippen LogP) is 11.9. The first-order valence-electron chi connectivity index (χ1n) is 32.2. The van der Waals surface area contributed by atoms with Gasteiger partial charge in [0.05, 0.1) is 32.0 Å². The fraction of sp³-hybridized carbons (Fsp3) is 0.803. The normalized spacial score (nSPS) is 24.7. The Kier molecular flexibility index (Phi) is 46.8. The molecule has 0 aromatic heterocycles. The molecule has 12 unspecified atom stereocenters.